The van der Waals surface area contributed by atoms with Gasteiger partial charge in [-0.3, -0.25) is 4.99 Å². The maximum absolute atomic E-state index is 9.68. The van der Waals surface area contributed by atoms with Gasteiger partial charge in [0.05, 0.1) is 5.71 Å². The molecule has 0 atom stereocenters. The van der Waals surface area contributed by atoms with E-state index in [1.165, 1.54) is 12.1 Å². The van der Waals surface area contributed by atoms with E-state index in [0.29, 0.717) is 29.9 Å². The predicted molar refractivity (Wildman–Crippen MR) is 76.5 cm³/mol. The highest BCUT2D eigenvalue weighted by Crippen LogP contribution is 2.33. The first kappa shape index (κ1) is 12.3. The van der Waals surface area contributed by atoms with Gasteiger partial charge >= 0.3 is 0 Å². The first-order valence-electron chi connectivity index (χ1n) is 6.25. The third kappa shape index (κ3) is 1.93. The Bertz CT molecular complexity index is 723. The summed E-state index contributed by atoms with van der Waals surface area (Å²) in [6, 6.07) is 7.75. The highest BCUT2D eigenvalue weighted by molar-refractivity contribution is 6.17. The Hall–Kier alpha value is -2.69. The van der Waals surface area contributed by atoms with Crippen LogP contribution in [0, 0.1) is 0 Å². The maximum Gasteiger partial charge on any atom is 0.158 e. The number of hydrogen-bond donors (Lipinski definition) is 4. The van der Waals surface area contributed by atoms with Gasteiger partial charge in [0.25, 0.3) is 0 Å². The number of phenolic OH excluding ortho intramolecular Hbond substituents is 3. The van der Waals surface area contributed by atoms with Crippen LogP contribution in [0.4, 0.5) is 5.69 Å². The van der Waals surface area contributed by atoms with E-state index >= 15 is 0 Å². The molecule has 0 bridgehead atoms. The molecule has 0 saturated carbocycles. The van der Waals surface area contributed by atoms with Crippen molar-refractivity contribution in [2.75, 3.05) is 12.3 Å². The summed E-state index contributed by atoms with van der Waals surface area (Å²) in [7, 11) is 0. The number of benzene rings is 2. The zero-order chi connectivity index (χ0) is 14.3. The number of anilines is 1. The Morgan fingerprint density at radius 2 is 1.70 bits per heavy atom. The van der Waals surface area contributed by atoms with Gasteiger partial charge in [-0.1, -0.05) is 0 Å². The van der Waals surface area contributed by atoms with Gasteiger partial charge in [0, 0.05) is 29.4 Å². The number of hydrogen-bond acceptors (Lipinski definition) is 5. The zero-order valence-corrected chi connectivity index (χ0v) is 10.7. The quantitative estimate of drug-likeness (QED) is 0.469. The second-order valence-corrected chi connectivity index (χ2v) is 4.75. The third-order valence-electron chi connectivity index (χ3n) is 3.40. The lowest BCUT2D eigenvalue weighted by atomic mass is 9.92. The minimum atomic E-state index is -0.185. The van der Waals surface area contributed by atoms with E-state index in [1.807, 2.05) is 0 Å². The molecule has 102 valence electrons. The molecule has 0 amide bonds. The summed E-state index contributed by atoms with van der Waals surface area (Å²) in [5.41, 5.74) is 9.38. The average Bonchev–Trinajstić information content (AvgIpc) is 2.40. The van der Waals surface area contributed by atoms with Gasteiger partial charge in [-0.25, -0.2) is 0 Å². The van der Waals surface area contributed by atoms with Crippen molar-refractivity contribution in [2.45, 2.75) is 6.42 Å². The van der Waals surface area contributed by atoms with E-state index in [-0.39, 0.29) is 17.2 Å². The van der Waals surface area contributed by atoms with Crippen LogP contribution < -0.4 is 5.73 Å². The average molecular weight is 270 g/mol. The molecular formula is C15H14N2O3. The van der Waals surface area contributed by atoms with Gasteiger partial charge in [0.2, 0.25) is 0 Å². The smallest absolute Gasteiger partial charge is 0.158 e. The van der Waals surface area contributed by atoms with Crippen LogP contribution in [0.2, 0.25) is 0 Å². The van der Waals surface area contributed by atoms with Crippen LogP contribution in [0.3, 0.4) is 0 Å². The highest BCUT2D eigenvalue weighted by atomic mass is 16.3. The number of aliphatic imine (C=N–C) groups is 1. The van der Waals surface area contributed by atoms with Crippen LogP contribution in [0.5, 0.6) is 17.2 Å². The van der Waals surface area contributed by atoms with Gasteiger partial charge in [-0.05, 0) is 36.2 Å². The SMILES string of the molecule is Nc1cc(O)ccc1C1=NCCc2cc(O)c(O)cc21. The van der Waals surface area contributed by atoms with Crippen molar-refractivity contribution in [2.24, 2.45) is 4.99 Å². The Kier molecular flexibility index (Phi) is 2.75. The lowest BCUT2D eigenvalue weighted by molar-refractivity contribution is 0.403. The van der Waals surface area contributed by atoms with Crippen molar-refractivity contribution in [3.05, 3.63) is 47.0 Å². The molecule has 5 nitrogen and oxygen atoms in total. The topological polar surface area (TPSA) is 99.1 Å². The number of rotatable bonds is 1. The minimum Gasteiger partial charge on any atom is -0.508 e. The van der Waals surface area contributed by atoms with E-state index in [9.17, 15) is 15.3 Å². The molecule has 0 aliphatic carbocycles. The van der Waals surface area contributed by atoms with Crippen LogP contribution in [-0.4, -0.2) is 27.6 Å². The van der Waals surface area contributed by atoms with Crippen LogP contribution in [-0.2, 0) is 6.42 Å². The van der Waals surface area contributed by atoms with Crippen molar-refractivity contribution >= 4 is 11.4 Å². The summed E-state index contributed by atoms with van der Waals surface area (Å²) < 4.78 is 0. The molecule has 2 aromatic carbocycles. The third-order valence-corrected chi connectivity index (χ3v) is 3.40. The first-order valence-corrected chi connectivity index (χ1v) is 6.25. The lowest BCUT2D eigenvalue weighted by Gasteiger charge is -2.19. The summed E-state index contributed by atoms with van der Waals surface area (Å²) in [4.78, 5) is 4.46. The van der Waals surface area contributed by atoms with E-state index < -0.39 is 0 Å². The molecule has 5 heteroatoms. The van der Waals surface area contributed by atoms with Gasteiger partial charge < -0.3 is 21.1 Å². The van der Waals surface area contributed by atoms with Crippen LogP contribution >= 0.6 is 0 Å². The Labute approximate surface area is 115 Å². The van der Waals surface area contributed by atoms with E-state index in [4.69, 9.17) is 5.73 Å². The zero-order valence-electron chi connectivity index (χ0n) is 10.7. The molecule has 0 aromatic heterocycles. The molecule has 1 aliphatic heterocycles. The van der Waals surface area contributed by atoms with Crippen LogP contribution in [0.15, 0.2) is 35.3 Å². The number of nitrogens with zero attached hydrogens (tertiary/aromatic N) is 1. The minimum absolute atomic E-state index is 0.0939. The summed E-state index contributed by atoms with van der Waals surface area (Å²) in [5.74, 6) is -0.226. The Morgan fingerprint density at radius 3 is 2.45 bits per heavy atom. The van der Waals surface area contributed by atoms with Crippen LogP contribution in [0.25, 0.3) is 0 Å². The molecule has 0 fully saturated rings. The fraction of sp³-hybridized carbons (Fsp3) is 0.133. The van der Waals surface area contributed by atoms with E-state index in [2.05, 4.69) is 4.99 Å². The molecule has 1 heterocycles. The standard InChI is InChI=1S/C15H14N2O3/c16-12-6-9(18)1-2-10(12)15-11-7-14(20)13(19)5-8(11)3-4-17-15/h1-2,5-7,18-20H,3-4,16H2. The second-order valence-electron chi connectivity index (χ2n) is 4.75. The molecule has 1 aliphatic rings. The normalized spacial score (nSPS) is 13.7. The predicted octanol–water partition coefficient (Wildman–Crippen LogP) is 1.78. The number of nitrogen functional groups attached to an aromatic ring is 1. The second kappa shape index (κ2) is 4.45. The molecular weight excluding hydrogens is 256 g/mol. The van der Waals surface area contributed by atoms with Crippen molar-refractivity contribution < 1.29 is 15.3 Å². The Balaban J connectivity index is 2.17. The van der Waals surface area contributed by atoms with Crippen molar-refractivity contribution in [3.63, 3.8) is 0 Å². The van der Waals surface area contributed by atoms with Crippen LogP contribution in [0.1, 0.15) is 16.7 Å². The number of phenols is 3. The monoisotopic (exact) mass is 270 g/mol. The number of aromatic hydroxyl groups is 3. The fourth-order valence-corrected chi connectivity index (χ4v) is 2.42. The van der Waals surface area contributed by atoms with Crippen molar-refractivity contribution in [1.29, 1.82) is 0 Å². The number of fused-ring (bicyclic) bond motifs is 1. The molecule has 0 radical (unpaired) electrons. The Morgan fingerprint density at radius 1 is 0.950 bits per heavy atom. The maximum atomic E-state index is 9.68. The van der Waals surface area contributed by atoms with E-state index in [0.717, 1.165) is 11.1 Å². The molecule has 0 spiro atoms. The highest BCUT2D eigenvalue weighted by Gasteiger charge is 2.20. The summed E-state index contributed by atoms with van der Waals surface area (Å²) in [6.45, 7) is 0.590. The van der Waals surface area contributed by atoms with Crippen molar-refractivity contribution in [1.82, 2.24) is 0 Å². The summed E-state index contributed by atoms with van der Waals surface area (Å²) in [5, 5.41) is 28.7. The van der Waals surface area contributed by atoms with Gasteiger partial charge in [0.1, 0.15) is 5.75 Å². The molecule has 20 heavy (non-hydrogen) atoms. The molecule has 3 rings (SSSR count). The fourth-order valence-electron chi connectivity index (χ4n) is 2.42. The summed E-state index contributed by atoms with van der Waals surface area (Å²) in [6.07, 6.45) is 0.699. The largest absolute Gasteiger partial charge is 0.508 e. The molecule has 0 unspecified atom stereocenters. The van der Waals surface area contributed by atoms with Crippen molar-refractivity contribution in [3.8, 4) is 17.2 Å². The summed E-state index contributed by atoms with van der Waals surface area (Å²) >= 11 is 0. The molecule has 5 N–H and O–H groups in total. The van der Waals surface area contributed by atoms with E-state index in [1.54, 1.807) is 18.2 Å². The first-order chi connectivity index (χ1) is 9.56. The van der Waals surface area contributed by atoms with Gasteiger partial charge in [0.15, 0.2) is 11.5 Å². The van der Waals surface area contributed by atoms with Gasteiger partial charge in [-0.2, -0.15) is 0 Å². The molecule has 2 aromatic rings. The van der Waals surface area contributed by atoms with Gasteiger partial charge in [-0.15, -0.1) is 0 Å². The lowest BCUT2D eigenvalue weighted by Crippen LogP contribution is -2.15. The number of nitrogens with two attached hydrogens (primary N) is 1. The molecule has 0 saturated heterocycles.